The second-order valence-electron chi connectivity index (χ2n) is 5.61. The Morgan fingerprint density at radius 2 is 2.00 bits per heavy atom. The van der Waals surface area contributed by atoms with Crippen molar-refractivity contribution in [3.8, 4) is 0 Å². The predicted molar refractivity (Wildman–Crippen MR) is 86.8 cm³/mol. The van der Waals surface area contributed by atoms with Crippen LogP contribution in [0.25, 0.3) is 0 Å². The average Bonchev–Trinajstić information content (AvgIpc) is 2.90. The molecule has 2 aromatic rings. The standard InChI is InChI=1S/C18H20N2O/c1-13-6-5-8-16(12-13)19-18(21)14(2)20-11-10-15-7-3-4-9-17(15)20/h3-9,12,14H,10-11H2,1-2H3,(H,19,21)/t14-/m1/s1. The van der Waals surface area contributed by atoms with Gasteiger partial charge in [-0.2, -0.15) is 0 Å². The van der Waals surface area contributed by atoms with Gasteiger partial charge in [-0.05, 0) is 49.6 Å². The van der Waals surface area contributed by atoms with Crippen molar-refractivity contribution in [1.82, 2.24) is 0 Å². The number of rotatable bonds is 3. The summed E-state index contributed by atoms with van der Waals surface area (Å²) in [5, 5.41) is 3.01. The fourth-order valence-corrected chi connectivity index (χ4v) is 2.88. The number of carbonyl (C=O) groups excluding carboxylic acids is 1. The van der Waals surface area contributed by atoms with Crippen LogP contribution in [0, 0.1) is 6.92 Å². The molecule has 1 amide bonds. The molecule has 0 unspecified atom stereocenters. The number of nitrogens with one attached hydrogen (secondary N) is 1. The number of hydrogen-bond acceptors (Lipinski definition) is 2. The first-order valence-electron chi connectivity index (χ1n) is 7.37. The summed E-state index contributed by atoms with van der Waals surface area (Å²) in [6.45, 7) is 4.89. The maximum absolute atomic E-state index is 12.5. The summed E-state index contributed by atoms with van der Waals surface area (Å²) < 4.78 is 0. The zero-order valence-corrected chi connectivity index (χ0v) is 12.5. The summed E-state index contributed by atoms with van der Waals surface area (Å²) in [4.78, 5) is 14.6. The summed E-state index contributed by atoms with van der Waals surface area (Å²) in [5.41, 5.74) is 4.52. The van der Waals surface area contributed by atoms with Crippen LogP contribution < -0.4 is 10.2 Å². The van der Waals surface area contributed by atoms with E-state index in [-0.39, 0.29) is 11.9 Å². The largest absolute Gasteiger partial charge is 0.359 e. The van der Waals surface area contributed by atoms with Gasteiger partial charge in [0.1, 0.15) is 6.04 Å². The molecule has 0 spiro atoms. The van der Waals surface area contributed by atoms with Crippen LogP contribution in [0.15, 0.2) is 48.5 Å². The first kappa shape index (κ1) is 13.7. The quantitative estimate of drug-likeness (QED) is 0.934. The van der Waals surface area contributed by atoms with Gasteiger partial charge in [0, 0.05) is 17.9 Å². The minimum Gasteiger partial charge on any atom is -0.359 e. The molecule has 0 radical (unpaired) electrons. The van der Waals surface area contributed by atoms with Crippen molar-refractivity contribution >= 4 is 17.3 Å². The van der Waals surface area contributed by atoms with Gasteiger partial charge in [-0.25, -0.2) is 0 Å². The second kappa shape index (κ2) is 5.60. The van der Waals surface area contributed by atoms with Crippen LogP contribution in [0.3, 0.4) is 0 Å². The van der Waals surface area contributed by atoms with E-state index in [0.717, 1.165) is 24.2 Å². The van der Waals surface area contributed by atoms with Crippen LogP contribution in [0.2, 0.25) is 0 Å². The van der Waals surface area contributed by atoms with Crippen molar-refractivity contribution < 1.29 is 4.79 Å². The third-order valence-electron chi connectivity index (χ3n) is 4.06. The molecule has 21 heavy (non-hydrogen) atoms. The van der Waals surface area contributed by atoms with Crippen LogP contribution in [0.4, 0.5) is 11.4 Å². The number of hydrogen-bond donors (Lipinski definition) is 1. The minimum absolute atomic E-state index is 0.0392. The number of fused-ring (bicyclic) bond motifs is 1. The number of nitrogens with zero attached hydrogens (tertiary/aromatic N) is 1. The zero-order valence-electron chi connectivity index (χ0n) is 12.5. The van der Waals surface area contributed by atoms with E-state index in [1.54, 1.807) is 0 Å². The first-order valence-corrected chi connectivity index (χ1v) is 7.37. The highest BCUT2D eigenvalue weighted by Gasteiger charge is 2.27. The van der Waals surface area contributed by atoms with Gasteiger partial charge in [-0.1, -0.05) is 30.3 Å². The molecular weight excluding hydrogens is 260 g/mol. The molecule has 0 fully saturated rings. The average molecular weight is 280 g/mol. The van der Waals surface area contributed by atoms with Gasteiger partial charge in [-0.15, -0.1) is 0 Å². The number of amides is 1. The lowest BCUT2D eigenvalue weighted by Gasteiger charge is -2.26. The maximum atomic E-state index is 12.5. The highest BCUT2D eigenvalue weighted by Crippen LogP contribution is 2.29. The molecule has 0 saturated heterocycles. The number of aryl methyl sites for hydroxylation is 1. The van der Waals surface area contributed by atoms with E-state index >= 15 is 0 Å². The summed E-state index contributed by atoms with van der Waals surface area (Å²) >= 11 is 0. The normalized spacial score (nSPS) is 14.7. The van der Waals surface area contributed by atoms with Crippen molar-refractivity contribution in [2.45, 2.75) is 26.3 Å². The molecule has 3 rings (SSSR count). The molecule has 3 heteroatoms. The lowest BCUT2D eigenvalue weighted by Crippen LogP contribution is -2.41. The zero-order chi connectivity index (χ0) is 14.8. The lowest BCUT2D eigenvalue weighted by molar-refractivity contribution is -0.117. The number of benzene rings is 2. The van der Waals surface area contributed by atoms with Crippen molar-refractivity contribution in [2.75, 3.05) is 16.8 Å². The Bertz CT molecular complexity index is 666. The van der Waals surface area contributed by atoms with Crippen LogP contribution in [-0.2, 0) is 11.2 Å². The van der Waals surface area contributed by atoms with Crippen molar-refractivity contribution in [1.29, 1.82) is 0 Å². The topological polar surface area (TPSA) is 32.3 Å². The van der Waals surface area contributed by atoms with E-state index < -0.39 is 0 Å². The SMILES string of the molecule is Cc1cccc(NC(=O)[C@@H](C)N2CCc3ccccc32)c1. The highest BCUT2D eigenvalue weighted by atomic mass is 16.2. The van der Waals surface area contributed by atoms with Gasteiger partial charge >= 0.3 is 0 Å². The number of carbonyl (C=O) groups is 1. The lowest BCUT2D eigenvalue weighted by atomic mass is 10.1. The molecule has 0 aromatic heterocycles. The Kier molecular flexibility index (Phi) is 3.65. The molecule has 3 nitrogen and oxygen atoms in total. The minimum atomic E-state index is -0.172. The van der Waals surface area contributed by atoms with E-state index in [2.05, 4.69) is 28.4 Å². The summed E-state index contributed by atoms with van der Waals surface area (Å²) in [7, 11) is 0. The van der Waals surface area contributed by atoms with Crippen molar-refractivity contribution in [2.24, 2.45) is 0 Å². The summed E-state index contributed by atoms with van der Waals surface area (Å²) in [5.74, 6) is 0.0392. The van der Waals surface area contributed by atoms with E-state index in [4.69, 9.17) is 0 Å². The van der Waals surface area contributed by atoms with E-state index in [9.17, 15) is 4.79 Å². The molecule has 0 aliphatic carbocycles. The second-order valence-corrected chi connectivity index (χ2v) is 5.61. The Morgan fingerprint density at radius 1 is 1.19 bits per heavy atom. The van der Waals surface area contributed by atoms with Crippen LogP contribution in [-0.4, -0.2) is 18.5 Å². The third kappa shape index (κ3) is 2.77. The van der Waals surface area contributed by atoms with Gasteiger partial charge in [0.25, 0.3) is 0 Å². The van der Waals surface area contributed by atoms with Gasteiger partial charge in [0.05, 0.1) is 0 Å². The Morgan fingerprint density at radius 3 is 2.81 bits per heavy atom. The van der Waals surface area contributed by atoms with Gasteiger partial charge in [0.15, 0.2) is 0 Å². The van der Waals surface area contributed by atoms with Crippen LogP contribution in [0.5, 0.6) is 0 Å². The number of para-hydroxylation sites is 1. The monoisotopic (exact) mass is 280 g/mol. The molecular formula is C18H20N2O. The van der Waals surface area contributed by atoms with E-state index in [0.29, 0.717) is 0 Å². The van der Waals surface area contributed by atoms with Gasteiger partial charge in [0.2, 0.25) is 5.91 Å². The summed E-state index contributed by atoms with van der Waals surface area (Å²) in [6, 6.07) is 16.0. The van der Waals surface area contributed by atoms with Crippen LogP contribution in [0.1, 0.15) is 18.1 Å². The fourth-order valence-electron chi connectivity index (χ4n) is 2.88. The molecule has 1 aliphatic rings. The predicted octanol–water partition coefficient (Wildman–Crippen LogP) is 3.38. The van der Waals surface area contributed by atoms with Crippen LogP contribution >= 0.6 is 0 Å². The van der Waals surface area contributed by atoms with Gasteiger partial charge < -0.3 is 10.2 Å². The Hall–Kier alpha value is -2.29. The Balaban J connectivity index is 1.74. The Labute approximate surface area is 125 Å². The van der Waals surface area contributed by atoms with Gasteiger partial charge in [-0.3, -0.25) is 4.79 Å². The first-order chi connectivity index (χ1) is 10.1. The molecule has 1 heterocycles. The van der Waals surface area contributed by atoms with E-state index in [1.165, 1.54) is 11.3 Å². The molecule has 2 aromatic carbocycles. The maximum Gasteiger partial charge on any atom is 0.246 e. The highest BCUT2D eigenvalue weighted by molar-refractivity contribution is 5.97. The molecule has 0 bridgehead atoms. The third-order valence-corrected chi connectivity index (χ3v) is 4.06. The summed E-state index contributed by atoms with van der Waals surface area (Å²) in [6.07, 6.45) is 1.01. The number of anilines is 2. The van der Waals surface area contributed by atoms with E-state index in [1.807, 2.05) is 44.2 Å². The van der Waals surface area contributed by atoms with Crippen molar-refractivity contribution in [3.05, 3.63) is 59.7 Å². The van der Waals surface area contributed by atoms with Crippen molar-refractivity contribution in [3.63, 3.8) is 0 Å². The molecule has 1 atom stereocenters. The molecule has 0 saturated carbocycles. The molecule has 1 aliphatic heterocycles. The smallest absolute Gasteiger partial charge is 0.246 e. The molecule has 1 N–H and O–H groups in total. The molecule has 108 valence electrons. The fraction of sp³-hybridized carbons (Fsp3) is 0.278.